The Kier molecular flexibility index (Phi) is 6.43. The van der Waals surface area contributed by atoms with Crippen LogP contribution < -0.4 is 11.1 Å². The third-order valence-electron chi connectivity index (χ3n) is 2.41. The molecule has 0 bridgehead atoms. The summed E-state index contributed by atoms with van der Waals surface area (Å²) in [6, 6.07) is 5.15. The van der Waals surface area contributed by atoms with Crippen LogP contribution in [0.2, 0.25) is 0 Å². The van der Waals surface area contributed by atoms with Crippen LogP contribution in [0.25, 0.3) is 0 Å². The minimum Gasteiger partial charge on any atom is -0.462 e. The molecular formula is C13H20N2O2S. The summed E-state index contributed by atoms with van der Waals surface area (Å²) in [5.74, 6) is 0.787. The van der Waals surface area contributed by atoms with Crippen molar-refractivity contribution in [3.8, 4) is 0 Å². The maximum Gasteiger partial charge on any atom is 0.338 e. The topological polar surface area (TPSA) is 64.3 Å². The fourth-order valence-electron chi connectivity index (χ4n) is 1.49. The van der Waals surface area contributed by atoms with E-state index < -0.39 is 0 Å². The van der Waals surface area contributed by atoms with Gasteiger partial charge in [0.15, 0.2) is 0 Å². The average molecular weight is 268 g/mol. The summed E-state index contributed by atoms with van der Waals surface area (Å²) >= 11 is 1.81. The van der Waals surface area contributed by atoms with Gasteiger partial charge in [-0.25, -0.2) is 4.79 Å². The lowest BCUT2D eigenvalue weighted by molar-refractivity contribution is 0.0526. The highest BCUT2D eigenvalue weighted by atomic mass is 32.2. The Morgan fingerprint density at radius 1 is 1.50 bits per heavy atom. The van der Waals surface area contributed by atoms with Gasteiger partial charge in [0.05, 0.1) is 23.5 Å². The number of ether oxygens (including phenoxy) is 1. The summed E-state index contributed by atoms with van der Waals surface area (Å²) in [6.07, 6.45) is 3.14. The molecule has 0 aliphatic heterocycles. The quantitative estimate of drug-likeness (QED) is 0.452. The van der Waals surface area contributed by atoms with E-state index in [9.17, 15) is 4.79 Å². The number of thioether (sulfide) groups is 1. The van der Waals surface area contributed by atoms with Crippen molar-refractivity contribution in [1.82, 2.24) is 0 Å². The predicted octanol–water partition coefficient (Wildman–Crippen LogP) is 2.61. The highest BCUT2D eigenvalue weighted by Gasteiger charge is 2.08. The van der Waals surface area contributed by atoms with Gasteiger partial charge in [0.1, 0.15) is 0 Å². The van der Waals surface area contributed by atoms with Crippen molar-refractivity contribution < 1.29 is 9.53 Å². The first kappa shape index (κ1) is 14.7. The van der Waals surface area contributed by atoms with Crippen molar-refractivity contribution in [2.45, 2.75) is 13.3 Å². The molecule has 1 aromatic rings. The Hall–Kier alpha value is -1.36. The molecule has 1 aromatic carbocycles. The van der Waals surface area contributed by atoms with Gasteiger partial charge >= 0.3 is 5.97 Å². The van der Waals surface area contributed by atoms with Crippen LogP contribution in [-0.4, -0.2) is 31.1 Å². The molecule has 0 spiro atoms. The molecule has 0 amide bonds. The number of hydrogen-bond acceptors (Lipinski definition) is 5. The Morgan fingerprint density at radius 3 is 2.94 bits per heavy atom. The fourth-order valence-corrected chi connectivity index (χ4v) is 1.92. The number of carbonyl (C=O) groups is 1. The predicted molar refractivity (Wildman–Crippen MR) is 78.3 cm³/mol. The molecule has 0 saturated carbocycles. The zero-order valence-electron chi connectivity index (χ0n) is 10.9. The van der Waals surface area contributed by atoms with Crippen LogP contribution in [-0.2, 0) is 4.74 Å². The molecule has 100 valence electrons. The Labute approximate surface area is 112 Å². The Bertz CT molecular complexity index is 397. The third-order valence-corrected chi connectivity index (χ3v) is 3.10. The highest BCUT2D eigenvalue weighted by Crippen LogP contribution is 2.20. The number of nitrogen functional groups attached to an aromatic ring is 1. The molecule has 0 fully saturated rings. The normalized spacial score (nSPS) is 10.1. The number of anilines is 2. The third kappa shape index (κ3) is 4.49. The van der Waals surface area contributed by atoms with E-state index >= 15 is 0 Å². The van der Waals surface area contributed by atoms with E-state index in [-0.39, 0.29) is 5.97 Å². The summed E-state index contributed by atoms with van der Waals surface area (Å²) in [4.78, 5) is 11.6. The van der Waals surface area contributed by atoms with E-state index in [1.165, 1.54) is 0 Å². The lowest BCUT2D eigenvalue weighted by atomic mass is 10.1. The molecular weight excluding hydrogens is 248 g/mol. The van der Waals surface area contributed by atoms with Crippen molar-refractivity contribution in [2.24, 2.45) is 0 Å². The van der Waals surface area contributed by atoms with Crippen LogP contribution in [0.15, 0.2) is 18.2 Å². The molecule has 0 unspecified atom stereocenters. The van der Waals surface area contributed by atoms with Crippen LogP contribution >= 0.6 is 11.8 Å². The van der Waals surface area contributed by atoms with Gasteiger partial charge in [0.25, 0.3) is 0 Å². The van der Waals surface area contributed by atoms with Gasteiger partial charge in [-0.1, -0.05) is 0 Å². The maximum absolute atomic E-state index is 11.6. The molecule has 3 N–H and O–H groups in total. The molecule has 1 rings (SSSR count). The van der Waals surface area contributed by atoms with Gasteiger partial charge in [0.2, 0.25) is 0 Å². The first-order chi connectivity index (χ1) is 8.69. The second-order valence-electron chi connectivity index (χ2n) is 3.80. The maximum atomic E-state index is 11.6. The summed E-state index contributed by atoms with van der Waals surface area (Å²) < 4.78 is 4.95. The second kappa shape index (κ2) is 7.87. The van der Waals surface area contributed by atoms with Crippen LogP contribution in [0.4, 0.5) is 11.4 Å². The monoisotopic (exact) mass is 268 g/mol. The van der Waals surface area contributed by atoms with Crippen molar-refractivity contribution in [1.29, 1.82) is 0 Å². The first-order valence-electron chi connectivity index (χ1n) is 5.98. The number of carbonyl (C=O) groups excluding carboxylic acids is 1. The molecule has 18 heavy (non-hydrogen) atoms. The van der Waals surface area contributed by atoms with Crippen molar-refractivity contribution >= 4 is 29.1 Å². The number of nitrogens with one attached hydrogen (secondary N) is 1. The zero-order chi connectivity index (χ0) is 13.4. The van der Waals surface area contributed by atoms with Crippen molar-refractivity contribution in [3.63, 3.8) is 0 Å². The molecule has 0 radical (unpaired) electrons. The van der Waals surface area contributed by atoms with Gasteiger partial charge in [-0.2, -0.15) is 11.8 Å². The van der Waals surface area contributed by atoms with E-state index in [0.717, 1.165) is 24.4 Å². The molecule has 0 aliphatic rings. The van der Waals surface area contributed by atoms with Crippen LogP contribution in [0.1, 0.15) is 23.7 Å². The minimum absolute atomic E-state index is 0.315. The Morgan fingerprint density at radius 2 is 2.28 bits per heavy atom. The molecule has 0 atom stereocenters. The summed E-state index contributed by atoms with van der Waals surface area (Å²) in [6.45, 7) is 3.01. The smallest absolute Gasteiger partial charge is 0.338 e. The van der Waals surface area contributed by atoms with Gasteiger partial charge < -0.3 is 15.8 Å². The van der Waals surface area contributed by atoms with E-state index in [4.69, 9.17) is 10.5 Å². The summed E-state index contributed by atoms with van der Waals surface area (Å²) in [7, 11) is 0. The molecule has 4 nitrogen and oxygen atoms in total. The standard InChI is InChI=1S/C13H20N2O2S/c1-3-17-13(16)10-5-6-11(14)12(9-10)15-7-4-8-18-2/h5-6,9,15H,3-4,7-8,14H2,1-2H3. The fraction of sp³-hybridized carbons (Fsp3) is 0.462. The van der Waals surface area contributed by atoms with Gasteiger partial charge in [-0.15, -0.1) is 0 Å². The first-order valence-corrected chi connectivity index (χ1v) is 7.38. The van der Waals surface area contributed by atoms with Gasteiger partial charge in [0, 0.05) is 6.54 Å². The van der Waals surface area contributed by atoms with Crippen molar-refractivity contribution in [2.75, 3.05) is 36.2 Å². The molecule has 0 heterocycles. The molecule has 0 aliphatic carbocycles. The largest absolute Gasteiger partial charge is 0.462 e. The lowest BCUT2D eigenvalue weighted by Gasteiger charge is -2.10. The van der Waals surface area contributed by atoms with Gasteiger partial charge in [-0.05, 0) is 43.6 Å². The number of esters is 1. The number of hydrogen-bond donors (Lipinski definition) is 2. The average Bonchev–Trinajstić information content (AvgIpc) is 2.37. The second-order valence-corrected chi connectivity index (χ2v) is 4.78. The van der Waals surface area contributed by atoms with E-state index in [2.05, 4.69) is 11.6 Å². The molecule has 0 aromatic heterocycles. The van der Waals surface area contributed by atoms with Crippen molar-refractivity contribution in [3.05, 3.63) is 23.8 Å². The zero-order valence-corrected chi connectivity index (χ0v) is 11.7. The summed E-state index contributed by atoms with van der Waals surface area (Å²) in [5, 5.41) is 3.24. The number of benzene rings is 1. The van der Waals surface area contributed by atoms with Crippen LogP contribution in [0.3, 0.4) is 0 Å². The van der Waals surface area contributed by atoms with Crippen LogP contribution in [0.5, 0.6) is 0 Å². The molecule has 5 heteroatoms. The van der Waals surface area contributed by atoms with E-state index in [1.54, 1.807) is 25.1 Å². The highest BCUT2D eigenvalue weighted by molar-refractivity contribution is 7.98. The van der Waals surface area contributed by atoms with Gasteiger partial charge in [-0.3, -0.25) is 0 Å². The number of nitrogens with two attached hydrogens (primary N) is 1. The Balaban J connectivity index is 2.66. The molecule has 0 saturated heterocycles. The summed E-state index contributed by atoms with van der Waals surface area (Å²) in [5.41, 5.74) is 7.82. The number of rotatable bonds is 7. The van der Waals surface area contributed by atoms with Crippen LogP contribution in [0, 0.1) is 0 Å². The van der Waals surface area contributed by atoms with E-state index in [1.807, 2.05) is 11.8 Å². The SMILES string of the molecule is CCOC(=O)c1ccc(N)c(NCCCSC)c1. The minimum atomic E-state index is -0.315. The van der Waals surface area contributed by atoms with E-state index in [0.29, 0.717) is 17.9 Å². The lowest BCUT2D eigenvalue weighted by Crippen LogP contribution is -2.09.